The van der Waals surface area contributed by atoms with Gasteiger partial charge in [0.2, 0.25) is 5.91 Å². The number of primary amides is 1. The normalized spacial score (nSPS) is 18.7. The van der Waals surface area contributed by atoms with Gasteiger partial charge >= 0.3 is 0 Å². The summed E-state index contributed by atoms with van der Waals surface area (Å²) < 4.78 is 0. The van der Waals surface area contributed by atoms with Gasteiger partial charge in [0.05, 0.1) is 6.54 Å². The van der Waals surface area contributed by atoms with Crippen LogP contribution in [0, 0.1) is 12.8 Å². The lowest BCUT2D eigenvalue weighted by Crippen LogP contribution is -2.46. The number of carbonyl (C=O) groups excluding carboxylic acids is 1. The number of likely N-dealkylation sites (tertiary alicyclic amines) is 1. The molecule has 0 saturated carbocycles. The molecular weight excluding hydrogens is 411 g/mol. The van der Waals surface area contributed by atoms with E-state index in [1.807, 2.05) is 0 Å². The summed E-state index contributed by atoms with van der Waals surface area (Å²) in [7, 11) is 1.81. The highest BCUT2D eigenvalue weighted by atomic mass is 127. The molecule has 5 nitrogen and oxygen atoms in total. The molecule has 2 heterocycles. The number of aryl methyl sites for hydroxylation is 1. The van der Waals surface area contributed by atoms with E-state index in [9.17, 15) is 4.79 Å². The van der Waals surface area contributed by atoms with Gasteiger partial charge < -0.3 is 16.0 Å². The van der Waals surface area contributed by atoms with Crippen LogP contribution in [0.25, 0.3) is 0 Å². The summed E-state index contributed by atoms with van der Waals surface area (Å²) in [6.07, 6.45) is 2.62. The highest BCUT2D eigenvalue weighted by Crippen LogP contribution is 2.20. The number of rotatable bonds is 4. The molecule has 0 bridgehead atoms. The zero-order valence-electron chi connectivity index (χ0n) is 13.2. The molecule has 1 amide bonds. The number of hydrogen-bond donors (Lipinski definition) is 2. The third kappa shape index (κ3) is 5.42. The number of amides is 1. The standard InChI is InChI=1S/C15H24N4OS.HI/c1-11-5-7-21-13(11)9-18-15(17-2)19-6-3-4-12(10-19)8-14(16)20;/h5,7,12H,3-4,6,8-10H2,1-2H3,(H2,16,20)(H,17,18);1H. The average molecular weight is 436 g/mol. The quantitative estimate of drug-likeness (QED) is 0.433. The second-order valence-electron chi connectivity index (χ2n) is 5.55. The maximum absolute atomic E-state index is 11.1. The first-order chi connectivity index (χ1) is 10.1. The number of nitrogens with two attached hydrogens (primary N) is 1. The average Bonchev–Trinajstić information content (AvgIpc) is 2.85. The topological polar surface area (TPSA) is 70.7 Å². The fourth-order valence-corrected chi connectivity index (χ4v) is 3.63. The van der Waals surface area contributed by atoms with Crippen LogP contribution in [0.5, 0.6) is 0 Å². The molecule has 2 rings (SSSR count). The van der Waals surface area contributed by atoms with Crippen molar-refractivity contribution in [2.24, 2.45) is 16.6 Å². The molecule has 7 heteroatoms. The molecule has 0 aliphatic carbocycles. The lowest BCUT2D eigenvalue weighted by Gasteiger charge is -2.34. The molecule has 22 heavy (non-hydrogen) atoms. The molecule has 0 spiro atoms. The van der Waals surface area contributed by atoms with E-state index in [1.54, 1.807) is 18.4 Å². The lowest BCUT2D eigenvalue weighted by atomic mass is 9.95. The predicted octanol–water partition coefficient (Wildman–Crippen LogP) is 2.34. The Morgan fingerprint density at radius 1 is 1.59 bits per heavy atom. The number of nitrogens with zero attached hydrogens (tertiary/aromatic N) is 2. The van der Waals surface area contributed by atoms with E-state index in [2.05, 4.69) is 33.6 Å². The van der Waals surface area contributed by atoms with Crippen LogP contribution in [0.4, 0.5) is 0 Å². The van der Waals surface area contributed by atoms with Gasteiger partial charge in [0.25, 0.3) is 0 Å². The van der Waals surface area contributed by atoms with E-state index in [1.165, 1.54) is 10.4 Å². The van der Waals surface area contributed by atoms with Gasteiger partial charge in [-0.05, 0) is 42.7 Å². The molecule has 0 aromatic carbocycles. The van der Waals surface area contributed by atoms with Gasteiger partial charge in [-0.2, -0.15) is 0 Å². The molecule has 1 aromatic rings. The number of guanidine groups is 1. The van der Waals surface area contributed by atoms with Crippen molar-refractivity contribution in [2.75, 3.05) is 20.1 Å². The third-order valence-corrected chi connectivity index (χ3v) is 4.92. The van der Waals surface area contributed by atoms with E-state index < -0.39 is 0 Å². The second-order valence-corrected chi connectivity index (χ2v) is 6.55. The van der Waals surface area contributed by atoms with E-state index in [0.29, 0.717) is 12.3 Å². The highest BCUT2D eigenvalue weighted by molar-refractivity contribution is 14.0. The Morgan fingerprint density at radius 3 is 2.95 bits per heavy atom. The van der Waals surface area contributed by atoms with E-state index in [0.717, 1.165) is 38.4 Å². The molecule has 1 aliphatic rings. The monoisotopic (exact) mass is 436 g/mol. The molecule has 1 atom stereocenters. The minimum absolute atomic E-state index is 0. The summed E-state index contributed by atoms with van der Waals surface area (Å²) in [6, 6.07) is 2.13. The molecule has 1 aromatic heterocycles. The Bertz CT molecular complexity index is 517. The summed E-state index contributed by atoms with van der Waals surface area (Å²) in [4.78, 5) is 19.0. The largest absolute Gasteiger partial charge is 0.370 e. The van der Waals surface area contributed by atoms with Crippen LogP contribution in [0.3, 0.4) is 0 Å². The van der Waals surface area contributed by atoms with E-state index >= 15 is 0 Å². The minimum Gasteiger partial charge on any atom is -0.370 e. The number of halogens is 1. The molecule has 1 fully saturated rings. The Hall–Kier alpha value is -0.830. The fourth-order valence-electron chi connectivity index (χ4n) is 2.79. The van der Waals surface area contributed by atoms with Crippen molar-refractivity contribution < 1.29 is 4.79 Å². The van der Waals surface area contributed by atoms with Crippen LogP contribution in [-0.4, -0.2) is 36.9 Å². The molecule has 124 valence electrons. The first-order valence-corrected chi connectivity index (χ1v) is 8.25. The number of nitrogens with one attached hydrogen (secondary N) is 1. The van der Waals surface area contributed by atoms with Crippen LogP contribution in [0.1, 0.15) is 29.7 Å². The summed E-state index contributed by atoms with van der Waals surface area (Å²) in [5, 5.41) is 5.54. The van der Waals surface area contributed by atoms with Crippen LogP contribution in [0.2, 0.25) is 0 Å². The summed E-state index contributed by atoms with van der Waals surface area (Å²) in [6.45, 7) is 4.76. The lowest BCUT2D eigenvalue weighted by molar-refractivity contribution is -0.119. The summed E-state index contributed by atoms with van der Waals surface area (Å²) in [5.74, 6) is 1.05. The van der Waals surface area contributed by atoms with Crippen molar-refractivity contribution in [3.8, 4) is 0 Å². The van der Waals surface area contributed by atoms with Gasteiger partial charge in [-0.3, -0.25) is 9.79 Å². The molecule has 1 unspecified atom stereocenters. The van der Waals surface area contributed by atoms with Crippen molar-refractivity contribution >= 4 is 47.2 Å². The number of thiophene rings is 1. The van der Waals surface area contributed by atoms with Gasteiger partial charge in [0.1, 0.15) is 0 Å². The van der Waals surface area contributed by atoms with Gasteiger partial charge in [-0.15, -0.1) is 35.3 Å². The number of hydrogen-bond acceptors (Lipinski definition) is 3. The van der Waals surface area contributed by atoms with E-state index in [-0.39, 0.29) is 29.9 Å². The minimum atomic E-state index is -0.209. The van der Waals surface area contributed by atoms with Crippen molar-refractivity contribution in [1.29, 1.82) is 0 Å². The maximum atomic E-state index is 11.1. The molecule has 0 radical (unpaired) electrons. The van der Waals surface area contributed by atoms with Crippen molar-refractivity contribution in [1.82, 2.24) is 10.2 Å². The first kappa shape index (κ1) is 19.2. The van der Waals surface area contributed by atoms with Gasteiger partial charge in [-0.25, -0.2) is 0 Å². The Balaban J connectivity index is 0.00000242. The predicted molar refractivity (Wildman–Crippen MR) is 103 cm³/mol. The second kappa shape index (κ2) is 9.34. The van der Waals surface area contributed by atoms with Crippen molar-refractivity contribution in [2.45, 2.75) is 32.7 Å². The van der Waals surface area contributed by atoms with Crippen molar-refractivity contribution in [3.05, 3.63) is 21.9 Å². The van der Waals surface area contributed by atoms with E-state index in [4.69, 9.17) is 5.73 Å². The third-order valence-electron chi connectivity index (χ3n) is 3.90. The van der Waals surface area contributed by atoms with Gasteiger partial charge in [0, 0.05) is 31.4 Å². The number of piperidine rings is 1. The SMILES string of the molecule is CN=C(NCc1sccc1C)N1CCCC(CC(N)=O)C1.I. The molecular formula is C15H25IN4OS. The highest BCUT2D eigenvalue weighted by Gasteiger charge is 2.23. The maximum Gasteiger partial charge on any atom is 0.217 e. The zero-order chi connectivity index (χ0) is 15.2. The molecule has 1 saturated heterocycles. The summed E-state index contributed by atoms with van der Waals surface area (Å²) >= 11 is 1.76. The van der Waals surface area contributed by atoms with Gasteiger partial charge in [0.15, 0.2) is 5.96 Å². The number of aliphatic imine (C=N–C) groups is 1. The Labute approximate surface area is 153 Å². The molecule has 3 N–H and O–H groups in total. The smallest absolute Gasteiger partial charge is 0.217 e. The van der Waals surface area contributed by atoms with Crippen LogP contribution >= 0.6 is 35.3 Å². The van der Waals surface area contributed by atoms with Gasteiger partial charge in [-0.1, -0.05) is 0 Å². The van der Waals surface area contributed by atoms with Crippen LogP contribution < -0.4 is 11.1 Å². The van der Waals surface area contributed by atoms with Crippen LogP contribution in [0.15, 0.2) is 16.4 Å². The Morgan fingerprint density at radius 2 is 2.36 bits per heavy atom. The number of carbonyl (C=O) groups is 1. The zero-order valence-corrected chi connectivity index (χ0v) is 16.3. The Kier molecular flexibility index (Phi) is 8.16. The molecule has 1 aliphatic heterocycles. The van der Waals surface area contributed by atoms with Crippen molar-refractivity contribution in [3.63, 3.8) is 0 Å². The first-order valence-electron chi connectivity index (χ1n) is 7.37. The summed E-state index contributed by atoms with van der Waals surface area (Å²) in [5.41, 5.74) is 6.63. The van der Waals surface area contributed by atoms with Crippen LogP contribution in [-0.2, 0) is 11.3 Å². The fraction of sp³-hybridized carbons (Fsp3) is 0.600.